The highest BCUT2D eigenvalue weighted by Crippen LogP contribution is 2.34. The smallest absolute Gasteiger partial charge is 0.194 e. The van der Waals surface area contributed by atoms with Crippen molar-refractivity contribution in [3.63, 3.8) is 0 Å². The first kappa shape index (κ1) is 21.2. The number of ether oxygens (including phenoxy) is 1. The fraction of sp³-hybridized carbons (Fsp3) is 0.944. The lowest BCUT2D eigenvalue weighted by atomic mass is 10.2. The third kappa shape index (κ3) is 5.94. The molecule has 1 saturated carbocycles. The number of hydrogen-bond donors (Lipinski definition) is 1. The van der Waals surface area contributed by atoms with E-state index < -0.39 is 0 Å². The van der Waals surface area contributed by atoms with Crippen molar-refractivity contribution in [2.24, 2.45) is 10.9 Å². The van der Waals surface area contributed by atoms with Gasteiger partial charge in [-0.25, -0.2) is 0 Å². The van der Waals surface area contributed by atoms with Crippen molar-refractivity contribution in [1.29, 1.82) is 0 Å². The van der Waals surface area contributed by atoms with E-state index in [1.165, 1.54) is 19.3 Å². The maximum Gasteiger partial charge on any atom is 0.194 e. The van der Waals surface area contributed by atoms with E-state index in [2.05, 4.69) is 41.0 Å². The zero-order chi connectivity index (χ0) is 16.9. The van der Waals surface area contributed by atoms with E-state index in [0.717, 1.165) is 64.4 Å². The van der Waals surface area contributed by atoms with Gasteiger partial charge in [-0.05, 0) is 46.2 Å². The molecule has 0 bridgehead atoms. The lowest BCUT2D eigenvalue weighted by molar-refractivity contribution is 0.0195. The minimum Gasteiger partial charge on any atom is -0.379 e. The van der Waals surface area contributed by atoms with Crippen LogP contribution in [0.15, 0.2) is 4.99 Å². The first-order chi connectivity index (χ1) is 11.7. The van der Waals surface area contributed by atoms with Crippen LogP contribution < -0.4 is 5.32 Å². The van der Waals surface area contributed by atoms with Gasteiger partial charge in [-0.15, -0.1) is 24.0 Å². The highest BCUT2D eigenvalue weighted by molar-refractivity contribution is 14.0. The standard InChI is InChI=1S/C18H35N5O.HI/c1-4-19-18(20-13-17(21(2)3)15-5-6-15)23-8-7-16(14-23)22-9-11-24-12-10-22;/h15-17H,4-14H2,1-3H3,(H,19,20);1H. The number of nitrogens with one attached hydrogen (secondary N) is 1. The average molecular weight is 465 g/mol. The molecule has 3 rings (SSSR count). The molecule has 7 heteroatoms. The first-order valence-corrected chi connectivity index (χ1v) is 9.70. The van der Waals surface area contributed by atoms with Crippen LogP contribution in [-0.4, -0.2) is 99.3 Å². The predicted octanol–water partition coefficient (Wildman–Crippen LogP) is 1.32. The Hall–Kier alpha value is -0.120. The van der Waals surface area contributed by atoms with Crippen LogP contribution in [-0.2, 0) is 4.74 Å². The topological polar surface area (TPSA) is 43.3 Å². The van der Waals surface area contributed by atoms with Crippen molar-refractivity contribution in [2.75, 3.05) is 66.6 Å². The van der Waals surface area contributed by atoms with E-state index in [1.807, 2.05) is 0 Å². The quantitative estimate of drug-likeness (QED) is 0.364. The summed E-state index contributed by atoms with van der Waals surface area (Å²) in [7, 11) is 4.38. The van der Waals surface area contributed by atoms with Gasteiger partial charge >= 0.3 is 0 Å². The molecule has 2 atom stereocenters. The lowest BCUT2D eigenvalue weighted by Gasteiger charge is -2.32. The Morgan fingerprint density at radius 2 is 1.92 bits per heavy atom. The van der Waals surface area contributed by atoms with Gasteiger partial charge in [0.05, 0.1) is 19.8 Å². The Labute approximate surface area is 170 Å². The van der Waals surface area contributed by atoms with Crippen molar-refractivity contribution in [1.82, 2.24) is 20.0 Å². The molecular weight excluding hydrogens is 429 g/mol. The molecule has 6 nitrogen and oxygen atoms in total. The van der Waals surface area contributed by atoms with Gasteiger partial charge in [0.25, 0.3) is 0 Å². The van der Waals surface area contributed by atoms with E-state index in [1.54, 1.807) is 0 Å². The highest BCUT2D eigenvalue weighted by atomic mass is 127. The van der Waals surface area contributed by atoms with Crippen LogP contribution in [0.1, 0.15) is 26.2 Å². The maximum atomic E-state index is 5.49. The Balaban J connectivity index is 0.00000225. The number of halogens is 1. The molecule has 1 N–H and O–H groups in total. The number of likely N-dealkylation sites (tertiary alicyclic amines) is 1. The fourth-order valence-electron chi connectivity index (χ4n) is 4.00. The molecule has 2 saturated heterocycles. The summed E-state index contributed by atoms with van der Waals surface area (Å²) in [6, 6.07) is 1.25. The van der Waals surface area contributed by atoms with E-state index >= 15 is 0 Å². The van der Waals surface area contributed by atoms with Crippen LogP contribution in [0.3, 0.4) is 0 Å². The molecular formula is C18H36IN5O. The summed E-state index contributed by atoms with van der Waals surface area (Å²) in [4.78, 5) is 12.4. The molecule has 2 aliphatic heterocycles. The van der Waals surface area contributed by atoms with E-state index in [9.17, 15) is 0 Å². The molecule has 0 aromatic rings. The third-order valence-electron chi connectivity index (χ3n) is 5.62. The second-order valence-electron chi connectivity index (χ2n) is 7.60. The second kappa shape index (κ2) is 10.3. The van der Waals surface area contributed by atoms with Crippen molar-refractivity contribution >= 4 is 29.9 Å². The van der Waals surface area contributed by atoms with Crippen molar-refractivity contribution in [2.45, 2.75) is 38.3 Å². The minimum atomic E-state index is 0. The molecule has 3 fully saturated rings. The summed E-state index contributed by atoms with van der Waals surface area (Å²) in [5, 5.41) is 3.52. The first-order valence-electron chi connectivity index (χ1n) is 9.70. The molecule has 0 amide bonds. The summed E-state index contributed by atoms with van der Waals surface area (Å²) < 4.78 is 5.49. The molecule has 2 heterocycles. The van der Waals surface area contributed by atoms with Gasteiger partial charge in [0.2, 0.25) is 0 Å². The van der Waals surface area contributed by atoms with Gasteiger partial charge in [-0.1, -0.05) is 0 Å². The van der Waals surface area contributed by atoms with E-state index in [-0.39, 0.29) is 24.0 Å². The Morgan fingerprint density at radius 1 is 1.20 bits per heavy atom. The maximum absolute atomic E-state index is 5.49. The summed E-state index contributed by atoms with van der Waals surface area (Å²) >= 11 is 0. The summed E-state index contributed by atoms with van der Waals surface area (Å²) in [6.45, 7) is 10.2. The monoisotopic (exact) mass is 465 g/mol. The molecule has 0 radical (unpaired) electrons. The summed E-state index contributed by atoms with van der Waals surface area (Å²) in [6.07, 6.45) is 3.99. The van der Waals surface area contributed by atoms with Crippen LogP contribution in [0.2, 0.25) is 0 Å². The number of hydrogen-bond acceptors (Lipinski definition) is 4. The number of likely N-dealkylation sites (N-methyl/N-ethyl adjacent to an activating group) is 1. The minimum absolute atomic E-state index is 0. The predicted molar refractivity (Wildman–Crippen MR) is 114 cm³/mol. The van der Waals surface area contributed by atoms with Gasteiger partial charge in [-0.3, -0.25) is 9.89 Å². The van der Waals surface area contributed by atoms with Crippen LogP contribution in [0.4, 0.5) is 0 Å². The Morgan fingerprint density at radius 3 is 2.52 bits per heavy atom. The molecule has 0 spiro atoms. The van der Waals surface area contributed by atoms with Crippen molar-refractivity contribution in [3.05, 3.63) is 0 Å². The number of guanidine groups is 1. The Bertz CT molecular complexity index is 422. The molecule has 2 unspecified atom stereocenters. The SMILES string of the molecule is CCNC(=NCC(C1CC1)N(C)C)N1CCC(N2CCOCC2)C1.I. The zero-order valence-corrected chi connectivity index (χ0v) is 18.4. The molecule has 0 aromatic heterocycles. The number of rotatable bonds is 6. The van der Waals surface area contributed by atoms with Crippen LogP contribution in [0.5, 0.6) is 0 Å². The van der Waals surface area contributed by atoms with Crippen LogP contribution >= 0.6 is 24.0 Å². The van der Waals surface area contributed by atoms with Gasteiger partial charge in [0.1, 0.15) is 0 Å². The number of nitrogens with zero attached hydrogens (tertiary/aromatic N) is 4. The van der Waals surface area contributed by atoms with E-state index in [4.69, 9.17) is 9.73 Å². The van der Waals surface area contributed by atoms with Crippen LogP contribution in [0, 0.1) is 5.92 Å². The normalized spacial score (nSPS) is 26.6. The number of morpholine rings is 1. The zero-order valence-electron chi connectivity index (χ0n) is 16.1. The van der Waals surface area contributed by atoms with Gasteiger partial charge in [0, 0.05) is 44.8 Å². The average Bonchev–Trinajstić information content (AvgIpc) is 3.30. The largest absolute Gasteiger partial charge is 0.379 e. The molecule has 0 aromatic carbocycles. The molecule has 1 aliphatic carbocycles. The summed E-state index contributed by atoms with van der Waals surface area (Å²) in [5.74, 6) is 1.96. The van der Waals surface area contributed by atoms with Gasteiger partial charge in [-0.2, -0.15) is 0 Å². The fourth-order valence-corrected chi connectivity index (χ4v) is 4.00. The summed E-state index contributed by atoms with van der Waals surface area (Å²) in [5.41, 5.74) is 0. The molecule has 146 valence electrons. The highest BCUT2D eigenvalue weighted by Gasteiger charge is 2.33. The Kier molecular flexibility index (Phi) is 8.71. The van der Waals surface area contributed by atoms with E-state index in [0.29, 0.717) is 12.1 Å². The van der Waals surface area contributed by atoms with Crippen molar-refractivity contribution < 1.29 is 4.74 Å². The third-order valence-corrected chi connectivity index (χ3v) is 5.62. The van der Waals surface area contributed by atoms with Crippen molar-refractivity contribution in [3.8, 4) is 0 Å². The van der Waals surface area contributed by atoms with Crippen LogP contribution in [0.25, 0.3) is 0 Å². The second-order valence-corrected chi connectivity index (χ2v) is 7.60. The molecule has 25 heavy (non-hydrogen) atoms. The van der Waals surface area contributed by atoms with Gasteiger partial charge < -0.3 is 19.9 Å². The number of aliphatic imine (C=N–C) groups is 1. The molecule has 3 aliphatic rings. The lowest BCUT2D eigenvalue weighted by Crippen LogP contribution is -2.47. The van der Waals surface area contributed by atoms with Gasteiger partial charge in [0.15, 0.2) is 5.96 Å².